The number of hydrogen-bond acceptors (Lipinski definition) is 8. The molecule has 0 bridgehead atoms. The minimum Gasteiger partial charge on any atom is -0.507 e. The van der Waals surface area contributed by atoms with Crippen LogP contribution in [0, 0.1) is 0 Å². The van der Waals surface area contributed by atoms with E-state index in [0.717, 1.165) is 99.8 Å². The van der Waals surface area contributed by atoms with Gasteiger partial charge in [0.15, 0.2) is 0 Å². The van der Waals surface area contributed by atoms with Crippen LogP contribution in [0.25, 0.3) is 0 Å². The Morgan fingerprint density at radius 1 is 0.320 bits per heavy atom. The summed E-state index contributed by atoms with van der Waals surface area (Å²) >= 11 is 0. The molecule has 0 aromatic heterocycles. The summed E-state index contributed by atoms with van der Waals surface area (Å²) in [5, 5.41) is 38.5. The first kappa shape index (κ1) is 44.1. The number of phenols is 4. The van der Waals surface area contributed by atoms with Crippen molar-refractivity contribution in [2.75, 3.05) is 26.2 Å². The molecule has 8 nitrogen and oxygen atoms in total. The van der Waals surface area contributed by atoms with Crippen molar-refractivity contribution < 1.29 is 61.3 Å². The van der Waals surface area contributed by atoms with Crippen LogP contribution in [0.5, 0.6) is 23.0 Å². The van der Waals surface area contributed by atoms with E-state index < -0.39 is 0 Å². The first-order valence-electron chi connectivity index (χ1n) is 16.7. The van der Waals surface area contributed by atoms with E-state index in [1.54, 1.807) is 73.4 Å². The van der Waals surface area contributed by atoms with Gasteiger partial charge in [0.1, 0.15) is 23.0 Å². The molecule has 50 heavy (non-hydrogen) atoms. The standard InChI is InChI=1S/2C20H24N2O2.2Pd/c2*23-19-11-5-3-9-17(19)15-21-13-7-1-2-8-14-22-16-18-10-4-6-12-20(18)24;;/h2*3-6,9-12,15-16,23-24H,1-2,7-8,13-14H2;;. The fourth-order valence-electron chi connectivity index (χ4n) is 4.56. The molecule has 4 aromatic rings. The Hall–Kier alpha value is -3.92. The van der Waals surface area contributed by atoms with E-state index in [2.05, 4.69) is 20.0 Å². The fraction of sp³-hybridized carbons (Fsp3) is 0.300. The zero-order valence-corrected chi connectivity index (χ0v) is 31.4. The number of unbranched alkanes of at least 4 members (excludes halogenated alkanes) is 6. The summed E-state index contributed by atoms with van der Waals surface area (Å²) in [5.74, 6) is 1.07. The van der Waals surface area contributed by atoms with Crippen LogP contribution in [0.2, 0.25) is 0 Å². The van der Waals surface area contributed by atoms with Gasteiger partial charge in [0, 0.05) is 114 Å². The molecule has 0 radical (unpaired) electrons. The third-order valence-electron chi connectivity index (χ3n) is 7.32. The Morgan fingerprint density at radius 3 is 0.720 bits per heavy atom. The second-order valence-corrected chi connectivity index (χ2v) is 11.2. The van der Waals surface area contributed by atoms with Gasteiger partial charge in [-0.25, -0.2) is 0 Å². The molecule has 272 valence electrons. The van der Waals surface area contributed by atoms with Crippen LogP contribution in [-0.2, 0) is 40.8 Å². The number of nitrogens with zero attached hydrogens (tertiary/aromatic N) is 4. The Labute approximate surface area is 324 Å². The van der Waals surface area contributed by atoms with Crippen LogP contribution < -0.4 is 0 Å². The summed E-state index contributed by atoms with van der Waals surface area (Å²) in [6.07, 6.45) is 15.5. The van der Waals surface area contributed by atoms with Crippen LogP contribution in [-0.4, -0.2) is 71.5 Å². The number of phenolic OH excluding ortho intramolecular Hbond substituents is 4. The molecule has 0 spiro atoms. The Balaban J connectivity index is 0.000000481. The van der Waals surface area contributed by atoms with Crippen LogP contribution in [0.4, 0.5) is 0 Å². The van der Waals surface area contributed by atoms with Crippen molar-refractivity contribution in [1.82, 2.24) is 0 Å². The molecule has 0 amide bonds. The van der Waals surface area contributed by atoms with E-state index in [0.29, 0.717) is 0 Å². The maximum atomic E-state index is 9.61. The summed E-state index contributed by atoms with van der Waals surface area (Å²) in [7, 11) is 0. The average molecular weight is 862 g/mol. The molecular formula is C40H48N4O4Pd2. The molecule has 0 saturated carbocycles. The summed E-state index contributed by atoms with van der Waals surface area (Å²) in [6.45, 7) is 3.09. The van der Waals surface area contributed by atoms with E-state index in [1.807, 2.05) is 48.5 Å². The molecule has 0 atom stereocenters. The molecule has 4 N–H and O–H groups in total. The Bertz CT molecular complexity index is 1370. The molecule has 0 aliphatic heterocycles. The van der Waals surface area contributed by atoms with Crippen LogP contribution in [0.15, 0.2) is 117 Å². The van der Waals surface area contributed by atoms with E-state index in [9.17, 15) is 20.4 Å². The van der Waals surface area contributed by atoms with Crippen LogP contribution in [0.3, 0.4) is 0 Å². The molecule has 10 heteroatoms. The van der Waals surface area contributed by atoms with Gasteiger partial charge < -0.3 is 20.4 Å². The van der Waals surface area contributed by atoms with Crippen LogP contribution in [0.1, 0.15) is 73.6 Å². The van der Waals surface area contributed by atoms with Gasteiger partial charge >= 0.3 is 0 Å². The number of benzene rings is 4. The molecule has 0 fully saturated rings. The van der Waals surface area contributed by atoms with Crippen molar-refractivity contribution in [3.05, 3.63) is 119 Å². The van der Waals surface area contributed by atoms with E-state index in [1.165, 1.54) is 0 Å². The summed E-state index contributed by atoms with van der Waals surface area (Å²) in [4.78, 5) is 17.4. The van der Waals surface area contributed by atoms with Gasteiger partial charge in [0.05, 0.1) is 0 Å². The second kappa shape index (κ2) is 27.9. The van der Waals surface area contributed by atoms with E-state index in [-0.39, 0.29) is 63.8 Å². The minimum atomic E-state index is 0. The topological polar surface area (TPSA) is 130 Å². The maximum Gasteiger partial charge on any atom is 0.124 e. The zero-order chi connectivity index (χ0) is 34.1. The molecule has 0 saturated heterocycles. The summed E-state index contributed by atoms with van der Waals surface area (Å²) < 4.78 is 0. The summed E-state index contributed by atoms with van der Waals surface area (Å²) in [6, 6.07) is 28.8. The molecule has 0 aliphatic carbocycles. The number of aromatic hydroxyl groups is 4. The monoisotopic (exact) mass is 860 g/mol. The van der Waals surface area contributed by atoms with Crippen molar-refractivity contribution in [2.45, 2.75) is 51.4 Å². The third kappa shape index (κ3) is 18.7. The van der Waals surface area contributed by atoms with Gasteiger partial charge in [-0.1, -0.05) is 74.2 Å². The average Bonchev–Trinajstić information content (AvgIpc) is 3.10. The Morgan fingerprint density at radius 2 is 0.520 bits per heavy atom. The normalized spacial score (nSPS) is 11.0. The van der Waals surface area contributed by atoms with Gasteiger partial charge in [0.2, 0.25) is 0 Å². The summed E-state index contributed by atoms with van der Waals surface area (Å²) in [5.41, 5.74) is 3.04. The first-order valence-corrected chi connectivity index (χ1v) is 16.7. The fourth-order valence-corrected chi connectivity index (χ4v) is 4.56. The third-order valence-corrected chi connectivity index (χ3v) is 7.32. The smallest absolute Gasteiger partial charge is 0.124 e. The number of para-hydroxylation sites is 4. The Kier molecular flexibility index (Phi) is 24.6. The van der Waals surface area contributed by atoms with Gasteiger partial charge in [-0.2, -0.15) is 0 Å². The maximum absolute atomic E-state index is 9.61. The predicted molar refractivity (Wildman–Crippen MR) is 199 cm³/mol. The van der Waals surface area contributed by atoms with Crippen LogP contribution >= 0.6 is 0 Å². The zero-order valence-electron chi connectivity index (χ0n) is 28.2. The number of aliphatic imine (C=N–C) groups is 4. The number of hydrogen-bond donors (Lipinski definition) is 4. The van der Waals surface area contributed by atoms with Gasteiger partial charge in [-0.05, 0) is 74.2 Å². The molecule has 0 aliphatic rings. The predicted octanol–water partition coefficient (Wildman–Crippen LogP) is 8.39. The van der Waals surface area contributed by atoms with E-state index in [4.69, 9.17) is 0 Å². The molecular weight excluding hydrogens is 813 g/mol. The van der Waals surface area contributed by atoms with Crippen molar-refractivity contribution in [3.63, 3.8) is 0 Å². The number of rotatable bonds is 18. The molecule has 0 unspecified atom stereocenters. The van der Waals surface area contributed by atoms with Crippen molar-refractivity contribution in [1.29, 1.82) is 0 Å². The van der Waals surface area contributed by atoms with Gasteiger partial charge in [-0.3, -0.25) is 20.0 Å². The van der Waals surface area contributed by atoms with E-state index >= 15 is 0 Å². The minimum absolute atomic E-state index is 0. The molecule has 0 heterocycles. The second-order valence-electron chi connectivity index (χ2n) is 11.2. The first-order chi connectivity index (χ1) is 23.5. The molecule has 4 rings (SSSR count). The quantitative estimate of drug-likeness (QED) is 0.0455. The largest absolute Gasteiger partial charge is 0.507 e. The van der Waals surface area contributed by atoms with Crippen molar-refractivity contribution in [3.8, 4) is 23.0 Å². The van der Waals surface area contributed by atoms with Gasteiger partial charge in [0.25, 0.3) is 0 Å². The van der Waals surface area contributed by atoms with Crippen molar-refractivity contribution >= 4 is 24.9 Å². The van der Waals surface area contributed by atoms with Gasteiger partial charge in [-0.15, -0.1) is 0 Å². The molecule has 4 aromatic carbocycles. The van der Waals surface area contributed by atoms with Crippen molar-refractivity contribution in [2.24, 2.45) is 20.0 Å². The SMILES string of the molecule is Oc1ccccc1C=NCCCCCCN=Cc1ccccc1O.Oc1ccccc1C=NCCCCCCN=Cc1ccccc1O.[Pd].[Pd].